The molecule has 0 bridgehead atoms. The van der Waals surface area contributed by atoms with Crippen LogP contribution in [0.1, 0.15) is 11.3 Å². The number of nitrogens with zero attached hydrogens (tertiary/aromatic N) is 3. The van der Waals surface area contributed by atoms with Gasteiger partial charge in [-0.15, -0.1) is 0 Å². The summed E-state index contributed by atoms with van der Waals surface area (Å²) >= 11 is 0. The van der Waals surface area contributed by atoms with Crippen molar-refractivity contribution in [2.75, 3.05) is 0 Å². The van der Waals surface area contributed by atoms with Gasteiger partial charge in [-0.25, -0.2) is 4.39 Å². The molecule has 0 amide bonds. The number of non-ortho nitro benzene ring substituents is 1. The number of rotatable bonds is 4. The van der Waals surface area contributed by atoms with E-state index < -0.39 is 4.92 Å². The number of benzene rings is 2. The molecule has 0 unspecified atom stereocenters. The van der Waals surface area contributed by atoms with E-state index in [0.29, 0.717) is 16.9 Å². The van der Waals surface area contributed by atoms with Gasteiger partial charge in [0.25, 0.3) is 5.69 Å². The van der Waals surface area contributed by atoms with Crippen molar-refractivity contribution in [1.82, 2.24) is 4.57 Å². The number of aromatic nitrogens is 1. The Morgan fingerprint density at radius 1 is 1.16 bits per heavy atom. The molecule has 0 aliphatic carbocycles. The predicted molar refractivity (Wildman–Crippen MR) is 92.3 cm³/mol. The summed E-state index contributed by atoms with van der Waals surface area (Å²) in [5.41, 5.74) is 1.53. The van der Waals surface area contributed by atoms with Crippen LogP contribution in [0.5, 0.6) is 0 Å². The Bertz CT molecular complexity index is 1020. The van der Waals surface area contributed by atoms with E-state index in [4.69, 9.17) is 0 Å². The molecule has 25 heavy (non-hydrogen) atoms. The van der Waals surface area contributed by atoms with Crippen LogP contribution >= 0.6 is 0 Å². The topological polar surface area (TPSA) is 71.9 Å². The summed E-state index contributed by atoms with van der Waals surface area (Å²) in [5.74, 6) is -0.387. The van der Waals surface area contributed by atoms with E-state index in [-0.39, 0.29) is 17.1 Å². The van der Waals surface area contributed by atoms with Crippen molar-refractivity contribution < 1.29 is 9.31 Å². The van der Waals surface area contributed by atoms with Crippen LogP contribution in [0.2, 0.25) is 0 Å². The standard InChI is InChI=1S/C19H12FN3O2/c20-18-8-1-2-9-19(18)22-10-4-7-16(22)12-15(13-21)14-5-3-6-17(11-14)23(24)25/h1-12H. The average Bonchev–Trinajstić information content (AvgIpc) is 3.08. The smallest absolute Gasteiger partial charge is 0.270 e. The van der Waals surface area contributed by atoms with Crippen LogP contribution in [-0.2, 0) is 0 Å². The molecule has 1 heterocycles. The summed E-state index contributed by atoms with van der Waals surface area (Å²) in [4.78, 5) is 10.4. The second-order valence-corrected chi connectivity index (χ2v) is 5.23. The Labute approximate surface area is 143 Å². The summed E-state index contributed by atoms with van der Waals surface area (Å²) in [6, 6.07) is 17.7. The van der Waals surface area contributed by atoms with Crippen molar-refractivity contribution in [3.63, 3.8) is 0 Å². The largest absolute Gasteiger partial charge is 0.314 e. The van der Waals surface area contributed by atoms with Gasteiger partial charge in [-0.2, -0.15) is 5.26 Å². The lowest BCUT2D eigenvalue weighted by Crippen LogP contribution is -1.98. The summed E-state index contributed by atoms with van der Waals surface area (Å²) < 4.78 is 15.7. The third-order valence-corrected chi connectivity index (χ3v) is 3.67. The summed E-state index contributed by atoms with van der Waals surface area (Å²) in [7, 11) is 0. The van der Waals surface area contributed by atoms with Gasteiger partial charge in [0.2, 0.25) is 0 Å². The van der Waals surface area contributed by atoms with Crippen molar-refractivity contribution >= 4 is 17.3 Å². The van der Waals surface area contributed by atoms with Gasteiger partial charge in [-0.3, -0.25) is 10.1 Å². The Morgan fingerprint density at radius 3 is 2.68 bits per heavy atom. The van der Waals surface area contributed by atoms with Crippen LogP contribution in [0, 0.1) is 27.3 Å². The first-order valence-electron chi connectivity index (χ1n) is 7.39. The third-order valence-electron chi connectivity index (χ3n) is 3.67. The highest BCUT2D eigenvalue weighted by atomic mass is 19.1. The van der Waals surface area contributed by atoms with Crippen LogP contribution in [0.4, 0.5) is 10.1 Å². The highest BCUT2D eigenvalue weighted by Gasteiger charge is 2.11. The van der Waals surface area contributed by atoms with E-state index in [1.807, 2.05) is 6.07 Å². The van der Waals surface area contributed by atoms with E-state index in [2.05, 4.69) is 0 Å². The summed E-state index contributed by atoms with van der Waals surface area (Å²) in [6.45, 7) is 0. The SMILES string of the molecule is N#CC(=Cc1cccn1-c1ccccc1F)c1cccc([N+](=O)[O-])c1. The van der Waals surface area contributed by atoms with Crippen LogP contribution in [0.3, 0.4) is 0 Å². The minimum absolute atomic E-state index is 0.0943. The summed E-state index contributed by atoms with van der Waals surface area (Å²) in [5, 5.41) is 20.4. The minimum atomic E-state index is -0.513. The first-order chi connectivity index (χ1) is 12.1. The second-order valence-electron chi connectivity index (χ2n) is 5.23. The molecule has 0 fully saturated rings. The fraction of sp³-hybridized carbons (Fsp3) is 0. The predicted octanol–water partition coefficient (Wildman–Crippen LogP) is 4.59. The van der Waals surface area contributed by atoms with Crippen molar-refractivity contribution in [3.05, 3.63) is 94.0 Å². The maximum atomic E-state index is 14.0. The molecule has 3 rings (SSSR count). The van der Waals surface area contributed by atoms with Gasteiger partial charge in [-0.05, 0) is 35.9 Å². The Morgan fingerprint density at radius 2 is 1.96 bits per heavy atom. The Hall–Kier alpha value is -3.72. The molecule has 1 aromatic heterocycles. The molecule has 0 saturated heterocycles. The maximum absolute atomic E-state index is 14.0. The Kier molecular flexibility index (Phi) is 4.40. The molecule has 0 spiro atoms. The Balaban J connectivity index is 2.07. The molecule has 3 aromatic rings. The molecule has 122 valence electrons. The maximum Gasteiger partial charge on any atom is 0.270 e. The number of hydrogen-bond acceptors (Lipinski definition) is 3. The van der Waals surface area contributed by atoms with Gasteiger partial charge in [0.1, 0.15) is 5.82 Å². The lowest BCUT2D eigenvalue weighted by atomic mass is 10.1. The number of halogens is 1. The van der Waals surface area contributed by atoms with Crippen LogP contribution in [0.25, 0.3) is 17.3 Å². The third kappa shape index (κ3) is 3.31. The number of allylic oxidation sites excluding steroid dienone is 1. The number of nitriles is 1. The molecule has 0 saturated carbocycles. The zero-order valence-corrected chi connectivity index (χ0v) is 13.0. The van der Waals surface area contributed by atoms with E-state index in [0.717, 1.165) is 0 Å². The molecule has 0 radical (unpaired) electrons. The average molecular weight is 333 g/mol. The highest BCUT2D eigenvalue weighted by molar-refractivity contribution is 5.89. The highest BCUT2D eigenvalue weighted by Crippen LogP contribution is 2.24. The molecule has 0 N–H and O–H groups in total. The normalized spacial score (nSPS) is 11.1. The molecular formula is C19H12FN3O2. The first-order valence-corrected chi connectivity index (χ1v) is 7.39. The fourth-order valence-electron chi connectivity index (χ4n) is 2.49. The van der Waals surface area contributed by atoms with Gasteiger partial charge in [0, 0.05) is 24.0 Å². The van der Waals surface area contributed by atoms with E-state index in [1.165, 1.54) is 24.3 Å². The van der Waals surface area contributed by atoms with E-state index >= 15 is 0 Å². The second kappa shape index (κ2) is 6.81. The van der Waals surface area contributed by atoms with Crippen LogP contribution in [-0.4, -0.2) is 9.49 Å². The van der Waals surface area contributed by atoms with Gasteiger partial charge >= 0.3 is 0 Å². The van der Waals surface area contributed by atoms with E-state index in [9.17, 15) is 19.8 Å². The molecule has 5 nitrogen and oxygen atoms in total. The van der Waals surface area contributed by atoms with Gasteiger partial charge in [-0.1, -0.05) is 24.3 Å². The van der Waals surface area contributed by atoms with Crippen molar-refractivity contribution in [2.24, 2.45) is 0 Å². The van der Waals surface area contributed by atoms with Crippen LogP contribution < -0.4 is 0 Å². The van der Waals surface area contributed by atoms with Crippen molar-refractivity contribution in [3.8, 4) is 11.8 Å². The monoisotopic (exact) mass is 333 g/mol. The molecule has 0 aliphatic rings. The van der Waals surface area contributed by atoms with E-state index in [1.54, 1.807) is 53.2 Å². The molecule has 2 aromatic carbocycles. The van der Waals surface area contributed by atoms with Crippen molar-refractivity contribution in [1.29, 1.82) is 5.26 Å². The van der Waals surface area contributed by atoms with Gasteiger partial charge < -0.3 is 4.57 Å². The van der Waals surface area contributed by atoms with Crippen LogP contribution in [0.15, 0.2) is 66.9 Å². The zero-order valence-electron chi connectivity index (χ0n) is 13.0. The quantitative estimate of drug-likeness (QED) is 0.398. The molecule has 6 heteroatoms. The lowest BCUT2D eigenvalue weighted by Gasteiger charge is -2.08. The van der Waals surface area contributed by atoms with Gasteiger partial charge in [0.15, 0.2) is 0 Å². The fourth-order valence-corrected chi connectivity index (χ4v) is 2.49. The minimum Gasteiger partial charge on any atom is -0.314 e. The number of hydrogen-bond donors (Lipinski definition) is 0. The molecule has 0 atom stereocenters. The summed E-state index contributed by atoms with van der Waals surface area (Å²) in [6.07, 6.45) is 3.26. The van der Waals surface area contributed by atoms with Gasteiger partial charge in [0.05, 0.1) is 22.3 Å². The molecular weight excluding hydrogens is 321 g/mol. The lowest BCUT2D eigenvalue weighted by molar-refractivity contribution is -0.384. The number of para-hydroxylation sites is 1. The zero-order chi connectivity index (χ0) is 17.8. The molecule has 0 aliphatic heterocycles. The number of nitro benzene ring substituents is 1. The number of nitro groups is 1. The van der Waals surface area contributed by atoms with Crippen molar-refractivity contribution in [2.45, 2.75) is 0 Å². The first kappa shape index (κ1) is 16.1.